The lowest BCUT2D eigenvalue weighted by Crippen LogP contribution is -2.63. The summed E-state index contributed by atoms with van der Waals surface area (Å²) in [6.07, 6.45) is 2.88. The van der Waals surface area contributed by atoms with E-state index >= 15 is 0 Å². The van der Waals surface area contributed by atoms with Crippen LogP contribution in [0.1, 0.15) is 92.1 Å². The number of urea groups is 1. The molecule has 1 aliphatic heterocycles. The van der Waals surface area contributed by atoms with E-state index in [1.54, 1.807) is 23.8 Å². The van der Waals surface area contributed by atoms with E-state index in [0.29, 0.717) is 38.6 Å². The van der Waals surface area contributed by atoms with Crippen molar-refractivity contribution in [2.75, 3.05) is 34.4 Å². The molecule has 14 heteroatoms. The van der Waals surface area contributed by atoms with E-state index in [1.165, 1.54) is 21.1 Å². The van der Waals surface area contributed by atoms with Crippen molar-refractivity contribution in [3.8, 4) is 0 Å². The van der Waals surface area contributed by atoms with Gasteiger partial charge in [0.05, 0.1) is 48.8 Å². The highest BCUT2D eigenvalue weighted by atomic mass is 16.5. The van der Waals surface area contributed by atoms with Crippen LogP contribution in [-0.4, -0.2) is 126 Å². The minimum atomic E-state index is -1.57. The number of carbonyl (C=O) groups excluding carboxylic acids is 4. The number of methoxy groups -OCH3 is 2. The van der Waals surface area contributed by atoms with Gasteiger partial charge < -0.3 is 45.4 Å². The van der Waals surface area contributed by atoms with Crippen molar-refractivity contribution < 1.29 is 43.7 Å². The molecule has 8 atom stereocenters. The van der Waals surface area contributed by atoms with Crippen molar-refractivity contribution >= 4 is 29.7 Å². The molecule has 2 aliphatic rings. The molecule has 3 rings (SSSR count). The van der Waals surface area contributed by atoms with Crippen molar-refractivity contribution in [2.45, 2.75) is 134 Å². The van der Waals surface area contributed by atoms with E-state index in [4.69, 9.17) is 9.47 Å². The summed E-state index contributed by atoms with van der Waals surface area (Å²) in [4.78, 5) is 70.7. The van der Waals surface area contributed by atoms with Gasteiger partial charge in [-0.1, -0.05) is 71.4 Å². The number of nitrogens with one attached hydrogen (secondary N) is 3. The maximum Gasteiger partial charge on any atom is 0.329 e. The van der Waals surface area contributed by atoms with Crippen LogP contribution >= 0.6 is 0 Å². The van der Waals surface area contributed by atoms with Gasteiger partial charge in [-0.05, 0) is 56.4 Å². The molecule has 304 valence electrons. The number of carboxylic acids is 1. The molecule has 1 heterocycles. The Morgan fingerprint density at radius 3 is 2.19 bits per heavy atom. The SMILES string of the molecule is CC[C@H](C)[C@@H]([C@@H](CC(=O)N1CCC[C@H]1[C@H](OC)[C@@H](C)C(=O)N[C@@](C)(Cc1ccccc1)C(=O)O)OC)N(C)C(=O)[C@@H](NC(=O)NC1(CO)CCC1)C(C)C. The van der Waals surface area contributed by atoms with Gasteiger partial charge in [-0.25, -0.2) is 9.59 Å². The molecule has 0 bridgehead atoms. The van der Waals surface area contributed by atoms with Gasteiger partial charge in [-0.15, -0.1) is 0 Å². The first kappa shape index (κ1) is 44.6. The van der Waals surface area contributed by atoms with Gasteiger partial charge in [0.25, 0.3) is 0 Å². The van der Waals surface area contributed by atoms with E-state index in [-0.39, 0.29) is 43.1 Å². The molecule has 0 unspecified atom stereocenters. The van der Waals surface area contributed by atoms with Crippen LogP contribution in [0.25, 0.3) is 0 Å². The average Bonchev–Trinajstić information content (AvgIpc) is 3.61. The molecule has 0 aromatic heterocycles. The zero-order valence-electron chi connectivity index (χ0n) is 33.7. The highest BCUT2D eigenvalue weighted by molar-refractivity contribution is 5.89. The Morgan fingerprint density at radius 2 is 1.69 bits per heavy atom. The predicted octanol–water partition coefficient (Wildman–Crippen LogP) is 3.35. The zero-order valence-corrected chi connectivity index (χ0v) is 33.7. The van der Waals surface area contributed by atoms with Crippen LogP contribution in [-0.2, 0) is 35.1 Å². The highest BCUT2D eigenvalue weighted by Crippen LogP contribution is 2.32. The lowest BCUT2D eigenvalue weighted by atomic mass is 9.77. The number of rotatable bonds is 20. The normalized spacial score (nSPS) is 21.0. The van der Waals surface area contributed by atoms with Crippen LogP contribution < -0.4 is 16.0 Å². The third-order valence-electron chi connectivity index (χ3n) is 11.7. The number of aliphatic hydroxyl groups excluding tert-OH is 1. The van der Waals surface area contributed by atoms with E-state index in [1.807, 2.05) is 58.0 Å². The summed E-state index contributed by atoms with van der Waals surface area (Å²) < 4.78 is 11.9. The number of hydrogen-bond donors (Lipinski definition) is 5. The number of hydrogen-bond acceptors (Lipinski definition) is 8. The van der Waals surface area contributed by atoms with Crippen molar-refractivity contribution in [3.63, 3.8) is 0 Å². The molecule has 54 heavy (non-hydrogen) atoms. The Hall–Kier alpha value is -3.75. The Kier molecular flexibility index (Phi) is 16.3. The van der Waals surface area contributed by atoms with Gasteiger partial charge in [0.2, 0.25) is 17.7 Å². The lowest BCUT2D eigenvalue weighted by Gasteiger charge is -2.42. The third-order valence-corrected chi connectivity index (χ3v) is 11.7. The maximum absolute atomic E-state index is 14.2. The van der Waals surface area contributed by atoms with Gasteiger partial charge in [-0.3, -0.25) is 14.4 Å². The molecule has 2 fully saturated rings. The number of benzene rings is 1. The van der Waals surface area contributed by atoms with Gasteiger partial charge in [0, 0.05) is 34.2 Å². The van der Waals surface area contributed by atoms with Crippen molar-refractivity contribution in [3.05, 3.63) is 35.9 Å². The fourth-order valence-electron chi connectivity index (χ4n) is 7.95. The number of carbonyl (C=O) groups is 5. The number of aliphatic carboxylic acids is 1. The number of nitrogens with zero attached hydrogens (tertiary/aromatic N) is 2. The van der Waals surface area contributed by atoms with Crippen LogP contribution in [0.2, 0.25) is 0 Å². The summed E-state index contributed by atoms with van der Waals surface area (Å²) in [5, 5.41) is 28.4. The third kappa shape index (κ3) is 10.7. The predicted molar refractivity (Wildman–Crippen MR) is 204 cm³/mol. The van der Waals surface area contributed by atoms with Gasteiger partial charge >= 0.3 is 12.0 Å². The first-order valence-corrected chi connectivity index (χ1v) is 19.4. The molecular formula is C40H65N5O9. The Bertz CT molecular complexity index is 1420. The van der Waals surface area contributed by atoms with Crippen LogP contribution in [0.3, 0.4) is 0 Å². The Morgan fingerprint density at radius 1 is 1.04 bits per heavy atom. The Labute approximate surface area is 321 Å². The number of ether oxygens (including phenoxy) is 2. The summed E-state index contributed by atoms with van der Waals surface area (Å²) >= 11 is 0. The van der Waals surface area contributed by atoms with Crippen molar-refractivity contribution in [2.24, 2.45) is 17.8 Å². The molecule has 5 amide bonds. The molecule has 1 aromatic rings. The van der Waals surface area contributed by atoms with E-state index in [9.17, 15) is 34.2 Å². The molecule has 14 nitrogen and oxygen atoms in total. The fraction of sp³-hybridized carbons (Fsp3) is 0.725. The second kappa shape index (κ2) is 19.7. The minimum absolute atomic E-state index is 0.0376. The zero-order chi connectivity index (χ0) is 40.4. The number of likely N-dealkylation sites (N-methyl/N-ethyl adjacent to an activating group) is 1. The first-order valence-electron chi connectivity index (χ1n) is 19.4. The van der Waals surface area contributed by atoms with E-state index in [0.717, 1.165) is 12.0 Å². The smallest absolute Gasteiger partial charge is 0.329 e. The second-order valence-corrected chi connectivity index (χ2v) is 16.0. The lowest BCUT2D eigenvalue weighted by molar-refractivity contribution is -0.150. The summed E-state index contributed by atoms with van der Waals surface area (Å²) in [5.74, 6) is -3.28. The standard InChI is InChI=1S/C40H65N5O9/c1-10-26(4)33(44(7)36(49)32(25(2)3)41-38(52)43-40(24-46)19-15-20-40)30(53-8)22-31(47)45-21-14-18-29(45)34(54-9)27(5)35(48)42-39(6,37(50)51)23-28-16-12-11-13-17-28/h11-13,16-17,25-27,29-30,32-34,46H,10,14-15,18-24H2,1-9H3,(H,42,48)(H,50,51)(H2,41,43,52)/t26-,27+,29-,30+,32-,33-,34+,39-/m0/s1. The summed E-state index contributed by atoms with van der Waals surface area (Å²) in [6.45, 7) is 11.1. The minimum Gasteiger partial charge on any atom is -0.480 e. The van der Waals surface area contributed by atoms with Crippen LogP contribution in [0.15, 0.2) is 30.3 Å². The molecule has 5 N–H and O–H groups in total. The van der Waals surface area contributed by atoms with Crippen molar-refractivity contribution in [1.82, 2.24) is 25.8 Å². The van der Waals surface area contributed by atoms with Crippen LogP contribution in [0.5, 0.6) is 0 Å². The Balaban J connectivity index is 1.76. The van der Waals surface area contributed by atoms with Crippen LogP contribution in [0.4, 0.5) is 4.79 Å². The van der Waals surface area contributed by atoms with E-state index in [2.05, 4.69) is 16.0 Å². The maximum atomic E-state index is 14.2. The van der Waals surface area contributed by atoms with Gasteiger partial charge in [0.1, 0.15) is 11.6 Å². The second-order valence-electron chi connectivity index (χ2n) is 16.0. The number of aliphatic hydroxyl groups is 1. The number of amides is 5. The topological polar surface area (TPSA) is 187 Å². The average molecular weight is 760 g/mol. The van der Waals surface area contributed by atoms with Gasteiger partial charge in [-0.2, -0.15) is 0 Å². The molecule has 0 spiro atoms. The largest absolute Gasteiger partial charge is 0.480 e. The molecule has 1 saturated heterocycles. The molecule has 1 aliphatic carbocycles. The van der Waals surface area contributed by atoms with E-state index < -0.39 is 65.2 Å². The molecule has 1 saturated carbocycles. The van der Waals surface area contributed by atoms with Gasteiger partial charge in [0.15, 0.2) is 0 Å². The summed E-state index contributed by atoms with van der Waals surface area (Å²) in [7, 11) is 4.68. The summed E-state index contributed by atoms with van der Waals surface area (Å²) in [6, 6.07) is 6.76. The van der Waals surface area contributed by atoms with Crippen molar-refractivity contribution in [1.29, 1.82) is 0 Å². The highest BCUT2D eigenvalue weighted by Gasteiger charge is 2.45. The first-order chi connectivity index (χ1) is 25.5. The fourth-order valence-corrected chi connectivity index (χ4v) is 7.95. The summed E-state index contributed by atoms with van der Waals surface area (Å²) in [5.41, 5.74) is -1.47. The monoisotopic (exact) mass is 759 g/mol. The number of likely N-dealkylation sites (tertiary alicyclic amines) is 1. The number of carboxylic acid groups (broad SMARTS) is 1. The van der Waals surface area contributed by atoms with Crippen LogP contribution in [0, 0.1) is 17.8 Å². The molecular weight excluding hydrogens is 694 g/mol. The molecule has 0 radical (unpaired) electrons. The quantitative estimate of drug-likeness (QED) is 0.133. The molecule has 1 aromatic carbocycles.